The molecule has 2 fully saturated rings. The van der Waals surface area contributed by atoms with E-state index in [2.05, 4.69) is 27.0 Å². The first-order valence-electron chi connectivity index (χ1n) is 5.82. The van der Waals surface area contributed by atoms with Crippen LogP contribution in [-0.2, 0) is 0 Å². The highest BCUT2D eigenvalue weighted by Gasteiger charge is 2.41. The number of H-pyrrole nitrogens is 1. The summed E-state index contributed by atoms with van der Waals surface area (Å²) >= 11 is 0. The molecule has 0 saturated carbocycles. The molecule has 0 radical (unpaired) electrons. The number of imidazole rings is 1. The Hall–Kier alpha value is -1.09. The molecule has 0 bridgehead atoms. The second-order valence-corrected chi connectivity index (χ2v) is 4.64. The van der Waals surface area contributed by atoms with E-state index in [0.29, 0.717) is 5.54 Å². The number of aromatic amines is 1. The van der Waals surface area contributed by atoms with Gasteiger partial charge in [-0.1, -0.05) is 6.08 Å². The zero-order chi connectivity index (χ0) is 10.1. The molecule has 0 spiro atoms. The van der Waals surface area contributed by atoms with E-state index in [9.17, 15) is 0 Å². The summed E-state index contributed by atoms with van der Waals surface area (Å²) in [6.45, 7) is 2.57. The van der Waals surface area contributed by atoms with Crippen molar-refractivity contribution >= 4 is 6.08 Å². The fourth-order valence-corrected chi connectivity index (χ4v) is 3.03. The molecular formula is C12H17N3. The van der Waals surface area contributed by atoms with Crippen LogP contribution in [-0.4, -0.2) is 33.5 Å². The molecule has 80 valence electrons. The van der Waals surface area contributed by atoms with Crippen molar-refractivity contribution in [3.05, 3.63) is 24.3 Å². The predicted octanol–water partition coefficient (Wildman–Crippen LogP) is 2.05. The van der Waals surface area contributed by atoms with E-state index in [1.807, 2.05) is 6.20 Å². The SMILES string of the molecule is C(=CC12CCCN1CCC2)c1cnc[nH]1. The van der Waals surface area contributed by atoms with Crippen molar-refractivity contribution in [3.63, 3.8) is 0 Å². The molecular weight excluding hydrogens is 186 g/mol. The highest BCUT2D eigenvalue weighted by Crippen LogP contribution is 2.40. The fourth-order valence-electron chi connectivity index (χ4n) is 3.03. The molecule has 1 aromatic heterocycles. The second kappa shape index (κ2) is 3.49. The maximum atomic E-state index is 4.03. The smallest absolute Gasteiger partial charge is 0.0924 e. The van der Waals surface area contributed by atoms with Gasteiger partial charge in [-0.05, 0) is 44.8 Å². The van der Waals surface area contributed by atoms with Crippen LogP contribution in [0.2, 0.25) is 0 Å². The van der Waals surface area contributed by atoms with Gasteiger partial charge in [0.15, 0.2) is 0 Å². The molecule has 0 aromatic carbocycles. The number of rotatable bonds is 2. The van der Waals surface area contributed by atoms with Gasteiger partial charge in [0.1, 0.15) is 0 Å². The van der Waals surface area contributed by atoms with Gasteiger partial charge in [0.05, 0.1) is 18.2 Å². The Bertz CT molecular complexity index is 343. The summed E-state index contributed by atoms with van der Waals surface area (Å²) in [5, 5.41) is 0. The fraction of sp³-hybridized carbons (Fsp3) is 0.583. The van der Waals surface area contributed by atoms with Crippen LogP contribution in [0.1, 0.15) is 31.4 Å². The number of hydrogen-bond acceptors (Lipinski definition) is 2. The minimum absolute atomic E-state index is 0.380. The first kappa shape index (κ1) is 9.16. The molecule has 3 heteroatoms. The van der Waals surface area contributed by atoms with Gasteiger partial charge in [-0.15, -0.1) is 0 Å². The Morgan fingerprint density at radius 1 is 1.33 bits per heavy atom. The van der Waals surface area contributed by atoms with Gasteiger partial charge in [0.2, 0.25) is 0 Å². The monoisotopic (exact) mass is 203 g/mol. The van der Waals surface area contributed by atoms with Crippen LogP contribution in [0.5, 0.6) is 0 Å². The summed E-state index contributed by atoms with van der Waals surface area (Å²) in [4.78, 5) is 9.79. The third-order valence-electron chi connectivity index (χ3n) is 3.80. The molecule has 0 unspecified atom stereocenters. The van der Waals surface area contributed by atoms with E-state index in [4.69, 9.17) is 0 Å². The maximum Gasteiger partial charge on any atom is 0.0924 e. The van der Waals surface area contributed by atoms with Crippen molar-refractivity contribution in [2.24, 2.45) is 0 Å². The lowest BCUT2D eigenvalue weighted by Crippen LogP contribution is -2.35. The Morgan fingerprint density at radius 2 is 2.13 bits per heavy atom. The average Bonchev–Trinajstić information content (AvgIpc) is 2.91. The van der Waals surface area contributed by atoms with Gasteiger partial charge in [-0.2, -0.15) is 0 Å². The highest BCUT2D eigenvalue weighted by atomic mass is 15.2. The van der Waals surface area contributed by atoms with E-state index in [1.54, 1.807) is 6.33 Å². The normalized spacial score (nSPS) is 25.1. The zero-order valence-electron chi connectivity index (χ0n) is 8.95. The van der Waals surface area contributed by atoms with Crippen LogP contribution in [0.25, 0.3) is 6.08 Å². The first-order valence-corrected chi connectivity index (χ1v) is 5.82. The van der Waals surface area contributed by atoms with Crippen LogP contribution in [0.4, 0.5) is 0 Å². The quantitative estimate of drug-likeness (QED) is 0.797. The van der Waals surface area contributed by atoms with Gasteiger partial charge >= 0.3 is 0 Å². The van der Waals surface area contributed by atoms with Gasteiger partial charge in [-0.25, -0.2) is 4.98 Å². The maximum absolute atomic E-state index is 4.03. The molecule has 0 aliphatic carbocycles. The van der Waals surface area contributed by atoms with Crippen molar-refractivity contribution < 1.29 is 0 Å². The molecule has 2 aliphatic rings. The van der Waals surface area contributed by atoms with Crippen molar-refractivity contribution in [1.82, 2.24) is 14.9 Å². The number of nitrogens with one attached hydrogen (secondary N) is 1. The molecule has 15 heavy (non-hydrogen) atoms. The Labute approximate surface area is 90.2 Å². The largest absolute Gasteiger partial charge is 0.345 e. The standard InChI is InChI=1S/C12H17N3/c1-4-12(5-2-8-15(12)7-1)6-3-11-9-13-10-14-11/h3,6,9-10H,1-2,4-5,7-8H2,(H,13,14). The molecule has 0 atom stereocenters. The summed E-state index contributed by atoms with van der Waals surface area (Å²) in [6.07, 6.45) is 13.6. The van der Waals surface area contributed by atoms with Crippen molar-refractivity contribution in [3.8, 4) is 0 Å². The lowest BCUT2D eigenvalue weighted by atomic mass is 9.93. The van der Waals surface area contributed by atoms with Crippen LogP contribution >= 0.6 is 0 Å². The highest BCUT2D eigenvalue weighted by molar-refractivity contribution is 5.46. The molecule has 1 N–H and O–H groups in total. The summed E-state index contributed by atoms with van der Waals surface area (Å²) in [5.74, 6) is 0. The van der Waals surface area contributed by atoms with E-state index in [-0.39, 0.29) is 0 Å². The zero-order valence-corrected chi connectivity index (χ0v) is 8.95. The lowest BCUT2D eigenvalue weighted by Gasteiger charge is -2.28. The molecule has 2 aliphatic heterocycles. The molecule has 3 nitrogen and oxygen atoms in total. The van der Waals surface area contributed by atoms with Crippen molar-refractivity contribution in [2.75, 3.05) is 13.1 Å². The number of nitrogens with zero attached hydrogens (tertiary/aromatic N) is 2. The summed E-state index contributed by atoms with van der Waals surface area (Å²) < 4.78 is 0. The number of aromatic nitrogens is 2. The third kappa shape index (κ3) is 1.51. The van der Waals surface area contributed by atoms with Crippen LogP contribution < -0.4 is 0 Å². The van der Waals surface area contributed by atoms with Gasteiger partial charge in [0, 0.05) is 5.54 Å². The van der Waals surface area contributed by atoms with Crippen molar-refractivity contribution in [2.45, 2.75) is 31.2 Å². The number of hydrogen-bond donors (Lipinski definition) is 1. The first-order chi connectivity index (χ1) is 7.39. The Kier molecular flexibility index (Phi) is 2.13. The van der Waals surface area contributed by atoms with Gasteiger partial charge in [-0.3, -0.25) is 4.90 Å². The van der Waals surface area contributed by atoms with E-state index in [1.165, 1.54) is 38.8 Å². The molecule has 0 amide bonds. The molecule has 1 aromatic rings. The van der Waals surface area contributed by atoms with Crippen LogP contribution in [0.15, 0.2) is 18.6 Å². The van der Waals surface area contributed by atoms with Crippen LogP contribution in [0, 0.1) is 0 Å². The third-order valence-corrected chi connectivity index (χ3v) is 3.80. The Balaban J connectivity index is 1.81. The minimum Gasteiger partial charge on any atom is -0.345 e. The van der Waals surface area contributed by atoms with E-state index < -0.39 is 0 Å². The molecule has 3 rings (SSSR count). The topological polar surface area (TPSA) is 31.9 Å². The molecule has 2 saturated heterocycles. The van der Waals surface area contributed by atoms with Crippen molar-refractivity contribution in [1.29, 1.82) is 0 Å². The lowest BCUT2D eigenvalue weighted by molar-refractivity contribution is 0.251. The second-order valence-electron chi connectivity index (χ2n) is 4.64. The summed E-state index contributed by atoms with van der Waals surface area (Å²) in [7, 11) is 0. The molecule has 3 heterocycles. The predicted molar refractivity (Wildman–Crippen MR) is 60.4 cm³/mol. The van der Waals surface area contributed by atoms with Crippen LogP contribution in [0.3, 0.4) is 0 Å². The minimum atomic E-state index is 0.380. The summed E-state index contributed by atoms with van der Waals surface area (Å²) in [5.41, 5.74) is 1.49. The number of fused-ring (bicyclic) bond motifs is 1. The van der Waals surface area contributed by atoms with E-state index in [0.717, 1.165) is 5.69 Å². The average molecular weight is 203 g/mol. The Morgan fingerprint density at radius 3 is 2.80 bits per heavy atom. The summed E-state index contributed by atoms with van der Waals surface area (Å²) in [6, 6.07) is 0. The van der Waals surface area contributed by atoms with Gasteiger partial charge in [0.25, 0.3) is 0 Å². The van der Waals surface area contributed by atoms with E-state index >= 15 is 0 Å². The van der Waals surface area contributed by atoms with Gasteiger partial charge < -0.3 is 4.98 Å².